The van der Waals surface area contributed by atoms with Crippen LogP contribution in [0.15, 0.2) is 18.2 Å². The van der Waals surface area contributed by atoms with Gasteiger partial charge in [0.1, 0.15) is 0 Å². The third-order valence-electron chi connectivity index (χ3n) is 2.45. The fraction of sp³-hybridized carbons (Fsp3) is 0.538. The Kier molecular flexibility index (Phi) is 6.39. The number of rotatable bonds is 6. The average molecular weight is 292 g/mol. The van der Waals surface area contributed by atoms with Gasteiger partial charge in [-0.15, -0.1) is 0 Å². The SMILES string of the molecule is CC(O)CN(Cc1ccc(Cl)cc1Cl)CC(C)O. The smallest absolute Gasteiger partial charge is 0.0639 e. The number of benzene rings is 1. The van der Waals surface area contributed by atoms with E-state index < -0.39 is 12.2 Å². The number of aliphatic hydroxyl groups is 2. The summed E-state index contributed by atoms with van der Waals surface area (Å²) in [5, 5.41) is 20.1. The van der Waals surface area contributed by atoms with Gasteiger partial charge in [-0.2, -0.15) is 0 Å². The predicted molar refractivity (Wildman–Crippen MR) is 75.1 cm³/mol. The summed E-state index contributed by atoms with van der Waals surface area (Å²) in [4.78, 5) is 1.96. The Labute approximate surface area is 118 Å². The van der Waals surface area contributed by atoms with Crippen LogP contribution in [0.25, 0.3) is 0 Å². The largest absolute Gasteiger partial charge is 0.392 e. The van der Waals surface area contributed by atoms with Crippen LogP contribution in [-0.4, -0.2) is 40.4 Å². The minimum absolute atomic E-state index is 0.449. The molecule has 0 saturated carbocycles. The summed E-state index contributed by atoms with van der Waals surface area (Å²) in [6.07, 6.45) is -0.898. The highest BCUT2D eigenvalue weighted by Gasteiger charge is 2.13. The van der Waals surface area contributed by atoms with Crippen LogP contribution in [0.3, 0.4) is 0 Å². The molecular formula is C13H19Cl2NO2. The standard InChI is InChI=1S/C13H19Cl2NO2/c1-9(17)6-16(7-10(2)18)8-11-3-4-12(14)5-13(11)15/h3-5,9-10,17-18H,6-8H2,1-2H3. The van der Waals surface area contributed by atoms with Crippen LogP contribution < -0.4 is 0 Å². The topological polar surface area (TPSA) is 43.7 Å². The average Bonchev–Trinajstić information content (AvgIpc) is 2.20. The Morgan fingerprint density at radius 1 is 1.11 bits per heavy atom. The molecule has 2 unspecified atom stereocenters. The Bertz CT molecular complexity index is 373. The van der Waals surface area contributed by atoms with Gasteiger partial charge in [-0.05, 0) is 31.5 Å². The van der Waals surface area contributed by atoms with Crippen molar-refractivity contribution < 1.29 is 10.2 Å². The molecule has 0 fully saturated rings. The molecule has 3 nitrogen and oxygen atoms in total. The molecule has 1 aromatic carbocycles. The lowest BCUT2D eigenvalue weighted by Gasteiger charge is -2.25. The van der Waals surface area contributed by atoms with Gasteiger partial charge in [-0.1, -0.05) is 29.3 Å². The van der Waals surface area contributed by atoms with E-state index in [1.807, 2.05) is 11.0 Å². The lowest BCUT2D eigenvalue weighted by molar-refractivity contribution is 0.0794. The molecule has 0 amide bonds. The molecule has 2 N–H and O–H groups in total. The van der Waals surface area contributed by atoms with Gasteiger partial charge < -0.3 is 10.2 Å². The monoisotopic (exact) mass is 291 g/mol. The Morgan fingerprint density at radius 3 is 2.11 bits per heavy atom. The number of aliphatic hydroxyl groups excluding tert-OH is 2. The van der Waals surface area contributed by atoms with Gasteiger partial charge in [0.05, 0.1) is 12.2 Å². The molecule has 0 aliphatic rings. The van der Waals surface area contributed by atoms with Crippen LogP contribution in [0.4, 0.5) is 0 Å². The maximum Gasteiger partial charge on any atom is 0.0639 e. The third kappa shape index (κ3) is 5.55. The first-order chi connectivity index (χ1) is 8.38. The quantitative estimate of drug-likeness (QED) is 0.847. The Morgan fingerprint density at radius 2 is 1.67 bits per heavy atom. The molecule has 0 aliphatic carbocycles. The molecule has 18 heavy (non-hydrogen) atoms. The zero-order valence-electron chi connectivity index (χ0n) is 10.6. The minimum Gasteiger partial charge on any atom is -0.392 e. The molecule has 0 bridgehead atoms. The molecule has 0 saturated heterocycles. The van der Waals surface area contributed by atoms with Gasteiger partial charge in [-0.3, -0.25) is 4.90 Å². The van der Waals surface area contributed by atoms with Crippen LogP contribution in [0.2, 0.25) is 10.0 Å². The van der Waals surface area contributed by atoms with Crippen LogP contribution in [0, 0.1) is 0 Å². The number of hydrogen-bond donors (Lipinski definition) is 2. The summed E-state index contributed by atoms with van der Waals surface area (Å²) in [5.74, 6) is 0. The van der Waals surface area contributed by atoms with Crippen molar-refractivity contribution >= 4 is 23.2 Å². The van der Waals surface area contributed by atoms with Crippen molar-refractivity contribution in [2.45, 2.75) is 32.6 Å². The summed E-state index contributed by atoms with van der Waals surface area (Å²) in [7, 11) is 0. The molecular weight excluding hydrogens is 273 g/mol. The van der Waals surface area contributed by atoms with Gasteiger partial charge in [0.25, 0.3) is 0 Å². The van der Waals surface area contributed by atoms with Gasteiger partial charge in [-0.25, -0.2) is 0 Å². The highest BCUT2D eigenvalue weighted by molar-refractivity contribution is 6.35. The summed E-state index contributed by atoms with van der Waals surface area (Å²) < 4.78 is 0. The zero-order chi connectivity index (χ0) is 13.7. The van der Waals surface area contributed by atoms with Crippen molar-refractivity contribution in [3.8, 4) is 0 Å². The first kappa shape index (κ1) is 15.7. The maximum atomic E-state index is 9.45. The van der Waals surface area contributed by atoms with E-state index in [0.717, 1.165) is 5.56 Å². The van der Waals surface area contributed by atoms with E-state index in [-0.39, 0.29) is 0 Å². The summed E-state index contributed by atoms with van der Waals surface area (Å²) in [6.45, 7) is 5.00. The second-order valence-corrected chi connectivity index (χ2v) is 5.47. The Hall–Kier alpha value is -0.320. The van der Waals surface area contributed by atoms with E-state index in [1.54, 1.807) is 26.0 Å². The van der Waals surface area contributed by atoms with Gasteiger partial charge in [0.2, 0.25) is 0 Å². The summed E-state index contributed by atoms with van der Waals surface area (Å²) >= 11 is 12.0. The van der Waals surface area contributed by atoms with E-state index in [2.05, 4.69) is 0 Å². The highest BCUT2D eigenvalue weighted by Crippen LogP contribution is 2.22. The number of hydrogen-bond acceptors (Lipinski definition) is 3. The predicted octanol–water partition coefficient (Wildman–Crippen LogP) is 2.56. The fourth-order valence-electron chi connectivity index (χ4n) is 1.84. The lowest BCUT2D eigenvalue weighted by Crippen LogP contribution is -2.35. The van der Waals surface area contributed by atoms with Gasteiger partial charge in [0.15, 0.2) is 0 Å². The van der Waals surface area contributed by atoms with Crippen molar-refractivity contribution in [3.05, 3.63) is 33.8 Å². The molecule has 2 atom stereocenters. The van der Waals surface area contributed by atoms with Crippen molar-refractivity contribution in [3.63, 3.8) is 0 Å². The van der Waals surface area contributed by atoms with Crippen molar-refractivity contribution in [2.75, 3.05) is 13.1 Å². The van der Waals surface area contributed by atoms with E-state index in [0.29, 0.717) is 29.7 Å². The van der Waals surface area contributed by atoms with Crippen molar-refractivity contribution in [1.82, 2.24) is 4.90 Å². The molecule has 102 valence electrons. The summed E-state index contributed by atoms with van der Waals surface area (Å²) in [6, 6.07) is 5.34. The van der Waals surface area contributed by atoms with Crippen molar-refractivity contribution in [2.24, 2.45) is 0 Å². The molecule has 0 spiro atoms. The van der Waals surface area contributed by atoms with Crippen LogP contribution >= 0.6 is 23.2 Å². The van der Waals surface area contributed by atoms with Crippen LogP contribution in [0.5, 0.6) is 0 Å². The van der Waals surface area contributed by atoms with E-state index >= 15 is 0 Å². The van der Waals surface area contributed by atoms with Gasteiger partial charge in [0, 0.05) is 29.7 Å². The second kappa shape index (κ2) is 7.31. The van der Waals surface area contributed by atoms with Crippen LogP contribution in [0.1, 0.15) is 19.4 Å². The van der Waals surface area contributed by atoms with E-state index in [9.17, 15) is 10.2 Å². The molecule has 5 heteroatoms. The lowest BCUT2D eigenvalue weighted by atomic mass is 10.2. The third-order valence-corrected chi connectivity index (χ3v) is 3.04. The second-order valence-electron chi connectivity index (χ2n) is 4.63. The molecule has 1 rings (SSSR count). The summed E-state index contributed by atoms with van der Waals surface area (Å²) in [5.41, 5.74) is 0.933. The van der Waals surface area contributed by atoms with E-state index in [1.165, 1.54) is 0 Å². The first-order valence-corrected chi connectivity index (χ1v) is 6.66. The molecule has 0 aromatic heterocycles. The molecule has 1 aromatic rings. The molecule has 0 radical (unpaired) electrons. The molecule has 0 aliphatic heterocycles. The zero-order valence-corrected chi connectivity index (χ0v) is 12.1. The Balaban J connectivity index is 2.75. The van der Waals surface area contributed by atoms with Crippen LogP contribution in [-0.2, 0) is 6.54 Å². The number of nitrogens with zero attached hydrogens (tertiary/aromatic N) is 1. The fourth-order valence-corrected chi connectivity index (χ4v) is 2.31. The van der Waals surface area contributed by atoms with Crippen molar-refractivity contribution in [1.29, 1.82) is 0 Å². The normalized spacial score (nSPS) is 14.8. The maximum absolute atomic E-state index is 9.45. The van der Waals surface area contributed by atoms with E-state index in [4.69, 9.17) is 23.2 Å². The number of halogens is 2. The minimum atomic E-state index is -0.449. The van der Waals surface area contributed by atoms with Gasteiger partial charge >= 0.3 is 0 Å². The molecule has 0 heterocycles. The highest BCUT2D eigenvalue weighted by atomic mass is 35.5. The first-order valence-electron chi connectivity index (χ1n) is 5.91.